The van der Waals surface area contributed by atoms with Crippen molar-refractivity contribution in [3.05, 3.63) is 34.9 Å². The predicted octanol–water partition coefficient (Wildman–Crippen LogP) is 3.69. The van der Waals surface area contributed by atoms with Gasteiger partial charge in [-0.1, -0.05) is 12.1 Å². The van der Waals surface area contributed by atoms with E-state index in [-0.39, 0.29) is 11.3 Å². The van der Waals surface area contributed by atoms with Crippen molar-refractivity contribution in [2.45, 2.75) is 37.5 Å². The molecule has 2 nitrogen and oxygen atoms in total. The fourth-order valence-electron chi connectivity index (χ4n) is 4.04. The molecule has 106 valence electrons. The molecule has 4 rings (SSSR count). The summed E-state index contributed by atoms with van der Waals surface area (Å²) in [7, 11) is 0. The quantitative estimate of drug-likeness (QED) is 0.827. The highest BCUT2D eigenvalue weighted by Gasteiger charge is 2.47. The fraction of sp³-hybridized carbons (Fsp3) is 0.588. The molecule has 1 aliphatic heterocycles. The van der Waals surface area contributed by atoms with Crippen LogP contribution in [0.4, 0.5) is 0 Å². The summed E-state index contributed by atoms with van der Waals surface area (Å²) in [5.41, 5.74) is 3.14. The average Bonchev–Trinajstić information content (AvgIpc) is 3.13. The molecular formula is C17H20ClNO. The molecule has 1 heterocycles. The first kappa shape index (κ1) is 12.7. The van der Waals surface area contributed by atoms with Gasteiger partial charge in [-0.25, -0.2) is 0 Å². The average molecular weight is 290 g/mol. The van der Waals surface area contributed by atoms with Gasteiger partial charge < -0.3 is 5.32 Å². The van der Waals surface area contributed by atoms with Gasteiger partial charge in [0.1, 0.15) is 0 Å². The van der Waals surface area contributed by atoms with Crippen LogP contribution in [0.1, 0.15) is 52.5 Å². The maximum atomic E-state index is 12.1. The van der Waals surface area contributed by atoms with Crippen LogP contribution in [0.3, 0.4) is 0 Å². The van der Waals surface area contributed by atoms with Crippen molar-refractivity contribution in [1.82, 2.24) is 5.32 Å². The van der Waals surface area contributed by atoms with Crippen molar-refractivity contribution in [3.8, 4) is 0 Å². The summed E-state index contributed by atoms with van der Waals surface area (Å²) in [6.07, 6.45) is 5.99. The molecule has 3 atom stereocenters. The molecule has 0 spiro atoms. The van der Waals surface area contributed by atoms with Gasteiger partial charge in [-0.15, -0.1) is 11.6 Å². The smallest absolute Gasteiger partial charge is 0.251 e. The van der Waals surface area contributed by atoms with Gasteiger partial charge in [0.25, 0.3) is 5.91 Å². The van der Waals surface area contributed by atoms with Gasteiger partial charge in [0.15, 0.2) is 0 Å². The zero-order chi connectivity index (χ0) is 13.7. The largest absolute Gasteiger partial charge is 0.352 e. The van der Waals surface area contributed by atoms with E-state index < -0.39 is 0 Å². The first-order valence-corrected chi connectivity index (χ1v) is 8.21. The van der Waals surface area contributed by atoms with E-state index in [0.717, 1.165) is 42.3 Å². The molecule has 2 saturated carbocycles. The SMILES string of the molecule is O=C1NCCCc2ccc(C(Cl)C3CC4CC4C3)cc21. The third kappa shape index (κ3) is 2.14. The van der Waals surface area contributed by atoms with Gasteiger partial charge in [0, 0.05) is 12.1 Å². The Morgan fingerprint density at radius 3 is 2.80 bits per heavy atom. The van der Waals surface area contributed by atoms with E-state index in [9.17, 15) is 4.79 Å². The number of hydrogen-bond acceptors (Lipinski definition) is 1. The van der Waals surface area contributed by atoms with Gasteiger partial charge in [-0.2, -0.15) is 0 Å². The molecule has 1 N–H and O–H groups in total. The van der Waals surface area contributed by atoms with E-state index >= 15 is 0 Å². The highest BCUT2D eigenvalue weighted by atomic mass is 35.5. The predicted molar refractivity (Wildman–Crippen MR) is 80.0 cm³/mol. The number of rotatable bonds is 2. The van der Waals surface area contributed by atoms with Gasteiger partial charge in [0.2, 0.25) is 0 Å². The van der Waals surface area contributed by atoms with Crippen molar-refractivity contribution < 1.29 is 4.79 Å². The summed E-state index contributed by atoms with van der Waals surface area (Å²) in [6, 6.07) is 6.29. The standard InChI is InChI=1S/C17H20ClNO/c18-16(14-7-12-6-13(12)8-14)11-4-3-10-2-1-5-19-17(20)15(10)9-11/h3-4,9,12-14,16H,1-2,5-8H2,(H,19,20). The summed E-state index contributed by atoms with van der Waals surface area (Å²) < 4.78 is 0. The van der Waals surface area contributed by atoms with Crippen LogP contribution in [0.15, 0.2) is 18.2 Å². The Bertz CT molecular complexity index is 546. The summed E-state index contributed by atoms with van der Waals surface area (Å²) >= 11 is 6.70. The summed E-state index contributed by atoms with van der Waals surface area (Å²) in [5.74, 6) is 2.57. The van der Waals surface area contributed by atoms with E-state index in [4.69, 9.17) is 11.6 Å². The monoisotopic (exact) mass is 289 g/mol. The molecule has 3 heteroatoms. The van der Waals surface area contributed by atoms with Crippen LogP contribution in [0.5, 0.6) is 0 Å². The second-order valence-electron chi connectivity index (χ2n) is 6.67. The van der Waals surface area contributed by atoms with Crippen LogP contribution in [-0.2, 0) is 6.42 Å². The number of aryl methyl sites for hydroxylation is 1. The van der Waals surface area contributed by atoms with Crippen molar-refractivity contribution in [1.29, 1.82) is 0 Å². The van der Waals surface area contributed by atoms with Crippen LogP contribution in [0.2, 0.25) is 0 Å². The minimum atomic E-state index is 0.0671. The Morgan fingerprint density at radius 1 is 1.20 bits per heavy atom. The molecule has 3 unspecified atom stereocenters. The summed E-state index contributed by atoms with van der Waals surface area (Å²) in [5, 5.41) is 3.04. The van der Waals surface area contributed by atoms with Crippen LogP contribution < -0.4 is 5.32 Å². The lowest BCUT2D eigenvalue weighted by Gasteiger charge is -2.20. The van der Waals surface area contributed by atoms with E-state index in [2.05, 4.69) is 17.4 Å². The van der Waals surface area contributed by atoms with Crippen molar-refractivity contribution in [2.24, 2.45) is 17.8 Å². The Morgan fingerprint density at radius 2 is 2.00 bits per heavy atom. The van der Waals surface area contributed by atoms with E-state index in [1.807, 2.05) is 6.07 Å². The third-order valence-electron chi connectivity index (χ3n) is 5.30. The normalized spacial score (nSPS) is 32.9. The number of carbonyl (C=O) groups excluding carboxylic acids is 1. The maximum Gasteiger partial charge on any atom is 0.251 e. The van der Waals surface area contributed by atoms with Crippen molar-refractivity contribution in [3.63, 3.8) is 0 Å². The minimum Gasteiger partial charge on any atom is -0.352 e. The number of carbonyl (C=O) groups is 1. The molecule has 2 fully saturated rings. The second kappa shape index (κ2) is 4.77. The molecule has 3 aliphatic rings. The number of fused-ring (bicyclic) bond motifs is 2. The zero-order valence-electron chi connectivity index (χ0n) is 11.6. The summed E-state index contributed by atoms with van der Waals surface area (Å²) in [6.45, 7) is 0.777. The van der Waals surface area contributed by atoms with Crippen LogP contribution in [0, 0.1) is 17.8 Å². The Kier molecular flexibility index (Phi) is 3.03. The molecule has 20 heavy (non-hydrogen) atoms. The van der Waals surface area contributed by atoms with E-state index in [1.54, 1.807) is 0 Å². The Balaban J connectivity index is 1.60. The first-order chi connectivity index (χ1) is 9.72. The lowest BCUT2D eigenvalue weighted by atomic mass is 9.91. The molecule has 1 aromatic carbocycles. The third-order valence-corrected chi connectivity index (χ3v) is 5.91. The number of alkyl halides is 1. The minimum absolute atomic E-state index is 0.0671. The zero-order valence-corrected chi connectivity index (χ0v) is 12.3. The maximum absolute atomic E-state index is 12.1. The van der Waals surface area contributed by atoms with Crippen LogP contribution >= 0.6 is 11.6 Å². The van der Waals surface area contributed by atoms with Crippen LogP contribution in [-0.4, -0.2) is 12.5 Å². The lowest BCUT2D eigenvalue weighted by Crippen LogP contribution is -2.22. The molecule has 0 saturated heterocycles. The Labute approximate surface area is 124 Å². The van der Waals surface area contributed by atoms with Gasteiger partial charge in [0.05, 0.1) is 5.38 Å². The Hall–Kier alpha value is -1.02. The molecule has 1 aromatic rings. The number of halogens is 1. The van der Waals surface area contributed by atoms with E-state index in [0.29, 0.717) is 5.92 Å². The molecule has 1 amide bonds. The number of benzene rings is 1. The molecule has 2 aliphatic carbocycles. The second-order valence-corrected chi connectivity index (χ2v) is 7.14. The molecular weight excluding hydrogens is 270 g/mol. The topological polar surface area (TPSA) is 29.1 Å². The van der Waals surface area contributed by atoms with E-state index in [1.165, 1.54) is 24.8 Å². The lowest BCUT2D eigenvalue weighted by molar-refractivity contribution is 0.0956. The number of hydrogen-bond donors (Lipinski definition) is 1. The van der Waals surface area contributed by atoms with Gasteiger partial charge in [-0.3, -0.25) is 4.79 Å². The summed E-state index contributed by atoms with van der Waals surface area (Å²) in [4.78, 5) is 12.1. The van der Waals surface area contributed by atoms with Gasteiger partial charge >= 0.3 is 0 Å². The van der Waals surface area contributed by atoms with Crippen LogP contribution in [0.25, 0.3) is 0 Å². The molecule has 0 aromatic heterocycles. The van der Waals surface area contributed by atoms with Crippen molar-refractivity contribution >= 4 is 17.5 Å². The molecule has 0 bridgehead atoms. The highest BCUT2D eigenvalue weighted by Crippen LogP contribution is 2.58. The highest BCUT2D eigenvalue weighted by molar-refractivity contribution is 6.21. The number of nitrogens with one attached hydrogen (secondary N) is 1. The molecule has 0 radical (unpaired) electrons. The fourth-order valence-corrected chi connectivity index (χ4v) is 4.39. The van der Waals surface area contributed by atoms with Crippen molar-refractivity contribution in [2.75, 3.05) is 6.54 Å². The van der Waals surface area contributed by atoms with Gasteiger partial charge in [-0.05, 0) is 67.1 Å². The number of amides is 1. The first-order valence-electron chi connectivity index (χ1n) is 7.77.